The second-order valence-electron chi connectivity index (χ2n) is 7.24. The van der Waals surface area contributed by atoms with E-state index in [9.17, 15) is 0 Å². The van der Waals surface area contributed by atoms with Crippen LogP contribution in [0.3, 0.4) is 0 Å². The van der Waals surface area contributed by atoms with Crippen molar-refractivity contribution in [3.63, 3.8) is 0 Å². The number of rotatable bonds is 9. The standard InChI is InChI=1S/C24H21Cl3N4O2S/c1-2-32-21-10-17(13-28-31-23(29-30-24(31)34)15-6-4-3-5-7-15)20(27)12-22(21)33-14-16-8-9-18(25)11-19(16)26/h3-12,28H,2,13-14H2,1H3,(H,30,34). The third-order valence-electron chi connectivity index (χ3n) is 4.94. The van der Waals surface area contributed by atoms with E-state index in [1.54, 1.807) is 22.9 Å². The Balaban J connectivity index is 1.54. The predicted molar refractivity (Wildman–Crippen MR) is 139 cm³/mol. The number of halogens is 3. The van der Waals surface area contributed by atoms with Crippen molar-refractivity contribution < 1.29 is 9.47 Å². The van der Waals surface area contributed by atoms with Crippen LogP contribution < -0.4 is 14.9 Å². The first-order chi connectivity index (χ1) is 16.5. The van der Waals surface area contributed by atoms with Crippen molar-refractivity contribution >= 4 is 47.0 Å². The van der Waals surface area contributed by atoms with Crippen LogP contribution in [-0.4, -0.2) is 21.5 Å². The largest absolute Gasteiger partial charge is 0.490 e. The molecule has 0 fully saturated rings. The first-order valence-electron chi connectivity index (χ1n) is 10.4. The van der Waals surface area contributed by atoms with Crippen molar-refractivity contribution in [3.8, 4) is 22.9 Å². The van der Waals surface area contributed by atoms with Gasteiger partial charge in [0.25, 0.3) is 0 Å². The molecule has 0 saturated heterocycles. The molecule has 0 aliphatic heterocycles. The van der Waals surface area contributed by atoms with Crippen LogP contribution in [0.1, 0.15) is 18.1 Å². The second kappa shape index (κ2) is 11.1. The minimum absolute atomic E-state index is 0.245. The van der Waals surface area contributed by atoms with Crippen LogP contribution in [0.2, 0.25) is 15.1 Å². The lowest BCUT2D eigenvalue weighted by molar-refractivity contribution is 0.269. The average Bonchev–Trinajstić information content (AvgIpc) is 3.20. The Morgan fingerprint density at radius 3 is 2.41 bits per heavy atom. The molecular formula is C24H21Cl3N4O2S. The molecule has 176 valence electrons. The van der Waals surface area contributed by atoms with Gasteiger partial charge in [-0.25, -0.2) is 9.77 Å². The summed E-state index contributed by atoms with van der Waals surface area (Å²) in [6.07, 6.45) is 0. The van der Waals surface area contributed by atoms with E-state index in [2.05, 4.69) is 15.6 Å². The maximum atomic E-state index is 6.59. The number of aromatic amines is 1. The lowest BCUT2D eigenvalue weighted by Crippen LogP contribution is -2.16. The van der Waals surface area contributed by atoms with Crippen LogP contribution in [0.15, 0.2) is 60.7 Å². The van der Waals surface area contributed by atoms with Gasteiger partial charge in [-0.15, -0.1) is 0 Å². The van der Waals surface area contributed by atoms with Gasteiger partial charge in [0.05, 0.1) is 13.2 Å². The molecule has 2 N–H and O–H groups in total. The molecule has 0 aliphatic carbocycles. The van der Waals surface area contributed by atoms with Crippen molar-refractivity contribution in [1.29, 1.82) is 0 Å². The van der Waals surface area contributed by atoms with Crippen molar-refractivity contribution in [1.82, 2.24) is 14.9 Å². The van der Waals surface area contributed by atoms with Crippen molar-refractivity contribution in [3.05, 3.63) is 91.6 Å². The molecule has 0 amide bonds. The molecule has 34 heavy (non-hydrogen) atoms. The van der Waals surface area contributed by atoms with Crippen LogP contribution in [0.4, 0.5) is 0 Å². The number of H-pyrrole nitrogens is 1. The number of benzene rings is 3. The van der Waals surface area contributed by atoms with Crippen LogP contribution in [-0.2, 0) is 13.2 Å². The van der Waals surface area contributed by atoms with Crippen LogP contribution in [0.25, 0.3) is 11.4 Å². The van der Waals surface area contributed by atoms with Gasteiger partial charge in [0.2, 0.25) is 4.77 Å². The molecule has 1 aromatic heterocycles. The Hall–Kier alpha value is -2.71. The summed E-state index contributed by atoms with van der Waals surface area (Å²) in [7, 11) is 0. The number of hydrogen-bond donors (Lipinski definition) is 2. The summed E-state index contributed by atoms with van der Waals surface area (Å²) in [5.74, 6) is 1.77. The zero-order chi connectivity index (χ0) is 24.1. The zero-order valence-electron chi connectivity index (χ0n) is 18.1. The Morgan fingerprint density at radius 2 is 1.68 bits per heavy atom. The first-order valence-corrected chi connectivity index (χ1v) is 12.0. The number of aromatic nitrogens is 3. The highest BCUT2D eigenvalue weighted by molar-refractivity contribution is 7.71. The SMILES string of the molecule is CCOc1cc(CNn2c(-c3ccccc3)n[nH]c2=S)c(Cl)cc1OCc1ccc(Cl)cc1Cl. The average molecular weight is 536 g/mol. The van der Waals surface area contributed by atoms with Crippen LogP contribution >= 0.6 is 47.0 Å². The quantitative estimate of drug-likeness (QED) is 0.220. The molecule has 6 nitrogen and oxygen atoms in total. The summed E-state index contributed by atoms with van der Waals surface area (Å²) in [6.45, 7) is 3.01. The normalized spacial score (nSPS) is 10.8. The van der Waals surface area contributed by atoms with E-state index in [1.807, 2.05) is 49.4 Å². The van der Waals surface area contributed by atoms with Gasteiger partial charge in [0.1, 0.15) is 6.61 Å². The molecule has 10 heteroatoms. The fourth-order valence-corrected chi connectivity index (χ4v) is 4.16. The molecular weight excluding hydrogens is 515 g/mol. The summed E-state index contributed by atoms with van der Waals surface area (Å²) < 4.78 is 14.0. The number of nitrogens with zero attached hydrogens (tertiary/aromatic N) is 2. The van der Waals surface area contributed by atoms with Crippen LogP contribution in [0, 0.1) is 4.77 Å². The molecule has 3 aromatic carbocycles. The smallest absolute Gasteiger partial charge is 0.214 e. The number of ether oxygens (including phenoxy) is 2. The van der Waals surface area contributed by atoms with Crippen molar-refractivity contribution in [2.24, 2.45) is 0 Å². The molecule has 4 aromatic rings. The van der Waals surface area contributed by atoms with Gasteiger partial charge in [-0.05, 0) is 42.9 Å². The van der Waals surface area contributed by atoms with E-state index in [1.165, 1.54) is 0 Å². The minimum Gasteiger partial charge on any atom is -0.490 e. The molecule has 1 heterocycles. The lowest BCUT2D eigenvalue weighted by Gasteiger charge is -2.16. The Kier molecular flexibility index (Phi) is 8.00. The van der Waals surface area contributed by atoms with Crippen LogP contribution in [0.5, 0.6) is 11.5 Å². The molecule has 0 aliphatic rings. The van der Waals surface area contributed by atoms with Gasteiger partial charge in [0, 0.05) is 32.3 Å². The summed E-state index contributed by atoms with van der Waals surface area (Å²) in [5, 5.41) is 8.77. The predicted octanol–water partition coefficient (Wildman–Crippen LogP) is 7.29. The van der Waals surface area contributed by atoms with E-state index in [0.29, 0.717) is 50.3 Å². The van der Waals surface area contributed by atoms with Crippen molar-refractivity contribution in [2.75, 3.05) is 12.0 Å². The summed E-state index contributed by atoms with van der Waals surface area (Å²) in [4.78, 5) is 0. The maximum absolute atomic E-state index is 6.59. The Morgan fingerprint density at radius 1 is 0.941 bits per heavy atom. The van der Waals surface area contributed by atoms with E-state index >= 15 is 0 Å². The minimum atomic E-state index is 0.245. The molecule has 0 radical (unpaired) electrons. The first kappa shape index (κ1) is 24.4. The van der Waals surface area contributed by atoms with Gasteiger partial charge >= 0.3 is 0 Å². The molecule has 4 rings (SSSR count). The Bertz CT molecular complexity index is 1340. The van der Waals surface area contributed by atoms with Gasteiger partial charge in [-0.3, -0.25) is 0 Å². The maximum Gasteiger partial charge on any atom is 0.214 e. The van der Waals surface area contributed by atoms with Gasteiger partial charge in [-0.2, -0.15) is 5.10 Å². The number of nitrogens with one attached hydrogen (secondary N) is 2. The molecule has 0 bridgehead atoms. The molecule has 0 spiro atoms. The van der Waals surface area contributed by atoms with E-state index < -0.39 is 0 Å². The topological polar surface area (TPSA) is 64.1 Å². The summed E-state index contributed by atoms with van der Waals surface area (Å²) in [5.41, 5.74) is 5.82. The fourth-order valence-electron chi connectivity index (χ4n) is 3.28. The highest BCUT2D eigenvalue weighted by Gasteiger charge is 2.14. The van der Waals surface area contributed by atoms with Gasteiger partial charge < -0.3 is 14.9 Å². The van der Waals surface area contributed by atoms with Crippen molar-refractivity contribution in [2.45, 2.75) is 20.1 Å². The van der Waals surface area contributed by atoms with E-state index in [-0.39, 0.29) is 6.61 Å². The van der Waals surface area contributed by atoms with Gasteiger partial charge in [0.15, 0.2) is 17.3 Å². The second-order valence-corrected chi connectivity index (χ2v) is 8.87. The highest BCUT2D eigenvalue weighted by Crippen LogP contribution is 2.35. The molecule has 0 saturated carbocycles. The summed E-state index contributed by atoms with van der Waals surface area (Å²) >= 11 is 24.2. The van der Waals surface area contributed by atoms with E-state index in [0.717, 1.165) is 16.7 Å². The zero-order valence-corrected chi connectivity index (χ0v) is 21.2. The number of hydrogen-bond acceptors (Lipinski definition) is 5. The molecule has 0 unspecified atom stereocenters. The lowest BCUT2D eigenvalue weighted by atomic mass is 10.2. The van der Waals surface area contributed by atoms with E-state index in [4.69, 9.17) is 56.5 Å². The molecule has 0 atom stereocenters. The Labute approximate surface area is 217 Å². The fraction of sp³-hybridized carbons (Fsp3) is 0.167. The monoisotopic (exact) mass is 534 g/mol. The summed E-state index contributed by atoms with van der Waals surface area (Å²) in [6, 6.07) is 18.6. The van der Waals surface area contributed by atoms with Gasteiger partial charge in [-0.1, -0.05) is 71.2 Å². The third kappa shape index (κ3) is 5.67. The third-order valence-corrected chi connectivity index (χ3v) is 6.16. The highest BCUT2D eigenvalue weighted by atomic mass is 35.5.